The molecule has 1 aromatic carbocycles. The first-order valence-corrected chi connectivity index (χ1v) is 8.43. The van der Waals surface area contributed by atoms with Gasteiger partial charge in [-0.15, -0.1) is 0 Å². The van der Waals surface area contributed by atoms with Crippen LogP contribution in [-0.4, -0.2) is 30.6 Å². The van der Waals surface area contributed by atoms with Crippen LogP contribution in [0.25, 0.3) is 0 Å². The zero-order chi connectivity index (χ0) is 15.5. The summed E-state index contributed by atoms with van der Waals surface area (Å²) in [7, 11) is 0. The molecule has 0 saturated carbocycles. The first-order valence-electron chi connectivity index (χ1n) is 8.43. The lowest BCUT2D eigenvalue weighted by Gasteiger charge is -2.33. The van der Waals surface area contributed by atoms with E-state index >= 15 is 0 Å². The Labute approximate surface area is 130 Å². The fraction of sp³-hybridized carbons (Fsp3) is 0.684. The Bertz CT molecular complexity index is 420. The highest BCUT2D eigenvalue weighted by molar-refractivity contribution is 5.27. The second-order valence-electron chi connectivity index (χ2n) is 7.74. The molecule has 1 aromatic rings. The summed E-state index contributed by atoms with van der Waals surface area (Å²) in [4.78, 5) is 2.59. The number of nitrogens with two attached hydrogens (primary N) is 1. The molecule has 118 valence electrons. The quantitative estimate of drug-likeness (QED) is 0.917. The van der Waals surface area contributed by atoms with Gasteiger partial charge in [-0.25, -0.2) is 0 Å². The van der Waals surface area contributed by atoms with Crippen molar-refractivity contribution < 1.29 is 0 Å². The molecule has 2 nitrogen and oxygen atoms in total. The van der Waals surface area contributed by atoms with Crippen molar-refractivity contribution in [2.45, 2.75) is 58.4 Å². The number of hydrogen-bond acceptors (Lipinski definition) is 2. The molecule has 1 saturated heterocycles. The summed E-state index contributed by atoms with van der Waals surface area (Å²) in [5, 5.41) is 0. The van der Waals surface area contributed by atoms with E-state index in [1.165, 1.54) is 43.6 Å². The van der Waals surface area contributed by atoms with Gasteiger partial charge >= 0.3 is 0 Å². The van der Waals surface area contributed by atoms with Crippen LogP contribution in [0.5, 0.6) is 0 Å². The molecule has 0 amide bonds. The Morgan fingerprint density at radius 3 is 2.19 bits per heavy atom. The summed E-state index contributed by atoms with van der Waals surface area (Å²) >= 11 is 0. The zero-order valence-corrected chi connectivity index (χ0v) is 14.2. The third kappa shape index (κ3) is 4.82. The van der Waals surface area contributed by atoms with Gasteiger partial charge in [0.2, 0.25) is 0 Å². The molecule has 2 heteroatoms. The number of benzene rings is 1. The molecule has 1 atom stereocenters. The molecule has 1 aliphatic rings. The fourth-order valence-electron chi connectivity index (χ4n) is 3.16. The van der Waals surface area contributed by atoms with Crippen molar-refractivity contribution in [1.29, 1.82) is 0 Å². The Morgan fingerprint density at radius 1 is 1.14 bits per heavy atom. The van der Waals surface area contributed by atoms with Crippen molar-refractivity contribution in [3.8, 4) is 0 Å². The van der Waals surface area contributed by atoms with Gasteiger partial charge in [0, 0.05) is 12.6 Å². The summed E-state index contributed by atoms with van der Waals surface area (Å²) in [5.41, 5.74) is 9.13. The molecule has 0 bridgehead atoms. The van der Waals surface area contributed by atoms with Gasteiger partial charge in [-0.1, -0.05) is 45.0 Å². The van der Waals surface area contributed by atoms with Crippen LogP contribution < -0.4 is 5.73 Å². The van der Waals surface area contributed by atoms with E-state index in [-0.39, 0.29) is 5.41 Å². The summed E-state index contributed by atoms with van der Waals surface area (Å²) in [6.07, 6.45) is 3.69. The van der Waals surface area contributed by atoms with Crippen LogP contribution in [0.4, 0.5) is 0 Å². The fourth-order valence-corrected chi connectivity index (χ4v) is 3.16. The molecular formula is C19H32N2. The molecular weight excluding hydrogens is 256 g/mol. The second kappa shape index (κ2) is 6.93. The van der Waals surface area contributed by atoms with Gasteiger partial charge in [0.1, 0.15) is 0 Å². The number of nitrogens with zero attached hydrogens (tertiary/aromatic N) is 1. The van der Waals surface area contributed by atoms with E-state index in [9.17, 15) is 0 Å². The number of piperidine rings is 1. The largest absolute Gasteiger partial charge is 0.328 e. The number of likely N-dealkylation sites (tertiary alicyclic amines) is 1. The van der Waals surface area contributed by atoms with Gasteiger partial charge in [0.05, 0.1) is 0 Å². The van der Waals surface area contributed by atoms with Gasteiger partial charge in [-0.2, -0.15) is 0 Å². The Hall–Kier alpha value is -0.860. The lowest BCUT2D eigenvalue weighted by Crippen LogP contribution is -2.40. The van der Waals surface area contributed by atoms with Crippen LogP contribution in [0, 0.1) is 5.92 Å². The Kier molecular flexibility index (Phi) is 5.45. The number of rotatable bonds is 4. The van der Waals surface area contributed by atoms with Crippen molar-refractivity contribution in [1.82, 2.24) is 4.90 Å². The first-order chi connectivity index (χ1) is 9.86. The van der Waals surface area contributed by atoms with Crippen molar-refractivity contribution >= 4 is 0 Å². The summed E-state index contributed by atoms with van der Waals surface area (Å²) < 4.78 is 0. The molecule has 0 aromatic heterocycles. The molecule has 1 heterocycles. The van der Waals surface area contributed by atoms with Crippen LogP contribution in [0.1, 0.15) is 51.7 Å². The normalized spacial score (nSPS) is 19.7. The molecule has 1 unspecified atom stereocenters. The predicted molar refractivity (Wildman–Crippen MR) is 91.7 cm³/mol. The van der Waals surface area contributed by atoms with E-state index in [1.807, 2.05) is 0 Å². The first kappa shape index (κ1) is 16.5. The average Bonchev–Trinajstić information content (AvgIpc) is 2.45. The topological polar surface area (TPSA) is 29.3 Å². The average molecular weight is 288 g/mol. The van der Waals surface area contributed by atoms with E-state index < -0.39 is 0 Å². The molecule has 0 aliphatic carbocycles. The summed E-state index contributed by atoms with van der Waals surface area (Å²) in [5.74, 6) is 0.729. The Morgan fingerprint density at radius 2 is 1.71 bits per heavy atom. The van der Waals surface area contributed by atoms with Crippen molar-refractivity contribution in [3.05, 3.63) is 35.4 Å². The highest BCUT2D eigenvalue weighted by Crippen LogP contribution is 2.23. The summed E-state index contributed by atoms with van der Waals surface area (Å²) in [6.45, 7) is 12.6. The van der Waals surface area contributed by atoms with Gasteiger partial charge in [0.25, 0.3) is 0 Å². The van der Waals surface area contributed by atoms with Gasteiger partial charge in [0.15, 0.2) is 0 Å². The third-order valence-electron chi connectivity index (χ3n) is 4.91. The zero-order valence-electron chi connectivity index (χ0n) is 14.2. The van der Waals surface area contributed by atoms with Crippen molar-refractivity contribution in [3.63, 3.8) is 0 Å². The smallest absolute Gasteiger partial charge is 0.00397 e. The van der Waals surface area contributed by atoms with E-state index in [4.69, 9.17) is 5.73 Å². The van der Waals surface area contributed by atoms with Gasteiger partial charge in [-0.05, 0) is 61.7 Å². The van der Waals surface area contributed by atoms with Crippen molar-refractivity contribution in [2.24, 2.45) is 11.7 Å². The summed E-state index contributed by atoms with van der Waals surface area (Å²) in [6, 6.07) is 9.54. The minimum absolute atomic E-state index is 0.249. The molecule has 2 N–H and O–H groups in total. The van der Waals surface area contributed by atoms with Gasteiger partial charge in [-0.3, -0.25) is 0 Å². The van der Waals surface area contributed by atoms with E-state index in [2.05, 4.69) is 56.9 Å². The second-order valence-corrected chi connectivity index (χ2v) is 7.74. The minimum Gasteiger partial charge on any atom is -0.328 e. The van der Waals surface area contributed by atoms with Crippen LogP contribution in [-0.2, 0) is 11.8 Å². The van der Waals surface area contributed by atoms with Gasteiger partial charge < -0.3 is 10.6 Å². The van der Waals surface area contributed by atoms with Crippen LogP contribution >= 0.6 is 0 Å². The highest BCUT2D eigenvalue weighted by atomic mass is 15.1. The molecule has 0 radical (unpaired) electrons. The maximum absolute atomic E-state index is 6.01. The molecule has 1 fully saturated rings. The number of hydrogen-bond donors (Lipinski definition) is 1. The Balaban J connectivity index is 1.79. The van der Waals surface area contributed by atoms with Crippen LogP contribution in [0.15, 0.2) is 24.3 Å². The minimum atomic E-state index is 0.249. The maximum atomic E-state index is 6.01. The molecule has 21 heavy (non-hydrogen) atoms. The maximum Gasteiger partial charge on any atom is 0.00397 e. The lowest BCUT2D eigenvalue weighted by molar-refractivity contribution is 0.174. The van der Waals surface area contributed by atoms with Crippen LogP contribution in [0.3, 0.4) is 0 Å². The van der Waals surface area contributed by atoms with E-state index in [0.717, 1.165) is 12.3 Å². The lowest BCUT2D eigenvalue weighted by atomic mass is 9.86. The predicted octanol–water partition coefficient (Wildman–Crippen LogP) is 3.59. The standard InChI is InChI=1S/C19H32N2/c1-15(20)17-10-13-21(14-11-17)12-9-16-5-7-18(8-6-16)19(2,3)4/h5-8,15,17H,9-14,20H2,1-4H3. The molecule has 0 spiro atoms. The SMILES string of the molecule is CC(N)C1CCN(CCc2ccc(C(C)(C)C)cc2)CC1. The third-order valence-corrected chi connectivity index (χ3v) is 4.91. The molecule has 1 aliphatic heterocycles. The van der Waals surface area contributed by atoms with E-state index in [1.54, 1.807) is 0 Å². The monoisotopic (exact) mass is 288 g/mol. The highest BCUT2D eigenvalue weighted by Gasteiger charge is 2.21. The molecule has 2 rings (SSSR count). The van der Waals surface area contributed by atoms with Crippen molar-refractivity contribution in [2.75, 3.05) is 19.6 Å². The van der Waals surface area contributed by atoms with E-state index in [0.29, 0.717) is 6.04 Å². The van der Waals surface area contributed by atoms with Crippen LogP contribution in [0.2, 0.25) is 0 Å².